The molecule has 1 aromatic carbocycles. The van der Waals surface area contributed by atoms with E-state index in [1.54, 1.807) is 38.1 Å². The average Bonchev–Trinajstić information content (AvgIpc) is 2.78. The number of hydrogen-bond acceptors (Lipinski definition) is 3. The molecule has 0 spiro atoms. The van der Waals surface area contributed by atoms with Gasteiger partial charge in [0.05, 0.1) is 16.3 Å². The van der Waals surface area contributed by atoms with E-state index in [-0.39, 0.29) is 12.5 Å². The Kier molecular flexibility index (Phi) is 4.69. The Balaban J connectivity index is 2.26. The van der Waals surface area contributed by atoms with Crippen LogP contribution in [0.2, 0.25) is 5.02 Å². The number of anilines is 1. The molecule has 2 N–H and O–H groups in total. The van der Waals surface area contributed by atoms with Crippen LogP contribution in [-0.2, 0) is 0 Å². The summed E-state index contributed by atoms with van der Waals surface area (Å²) < 4.78 is 5.34. The Morgan fingerprint density at radius 1 is 1.38 bits per heavy atom. The highest BCUT2D eigenvalue weighted by Gasteiger charge is 2.14. The molecular weight excluding hydrogens is 290 g/mol. The van der Waals surface area contributed by atoms with E-state index in [1.165, 1.54) is 0 Å². The minimum atomic E-state index is -0.293. The molecule has 0 saturated carbocycles. The predicted octanol–water partition coefficient (Wildman–Crippen LogP) is 3.15. The van der Waals surface area contributed by atoms with Crippen molar-refractivity contribution in [3.05, 3.63) is 51.9 Å². The van der Waals surface area contributed by atoms with Crippen molar-refractivity contribution in [1.29, 1.82) is 0 Å². The molecule has 0 bridgehead atoms. The van der Waals surface area contributed by atoms with Gasteiger partial charge in [0.25, 0.3) is 5.91 Å². The smallest absolute Gasteiger partial charge is 0.259 e. The van der Waals surface area contributed by atoms with Crippen molar-refractivity contribution in [3.63, 3.8) is 0 Å². The van der Waals surface area contributed by atoms with E-state index in [0.29, 0.717) is 33.4 Å². The van der Waals surface area contributed by atoms with Crippen molar-refractivity contribution in [3.8, 4) is 11.8 Å². The maximum absolute atomic E-state index is 12.2. The number of aliphatic hydroxyl groups excluding tert-OH is 1. The van der Waals surface area contributed by atoms with E-state index in [9.17, 15) is 4.79 Å². The molecule has 0 aliphatic heterocycles. The zero-order valence-corrected chi connectivity index (χ0v) is 12.4. The minimum absolute atomic E-state index is 0.224. The first-order valence-corrected chi connectivity index (χ1v) is 6.66. The molecule has 0 aliphatic rings. The van der Waals surface area contributed by atoms with Crippen LogP contribution >= 0.6 is 11.6 Å². The van der Waals surface area contributed by atoms with Crippen LogP contribution in [0, 0.1) is 25.7 Å². The number of furan rings is 1. The lowest BCUT2D eigenvalue weighted by Crippen LogP contribution is -2.12. The summed E-state index contributed by atoms with van der Waals surface area (Å²) in [6, 6.07) is 6.69. The lowest BCUT2D eigenvalue weighted by molar-refractivity contribution is 0.102. The maximum atomic E-state index is 12.2. The molecule has 4 nitrogen and oxygen atoms in total. The lowest BCUT2D eigenvalue weighted by atomic mass is 10.2. The Morgan fingerprint density at radius 2 is 2.14 bits per heavy atom. The van der Waals surface area contributed by atoms with E-state index in [1.807, 2.05) is 0 Å². The Hall–Kier alpha value is -2.22. The second kappa shape index (κ2) is 6.49. The summed E-state index contributed by atoms with van der Waals surface area (Å²) in [5.41, 5.74) is 1.59. The lowest BCUT2D eigenvalue weighted by Gasteiger charge is -2.07. The van der Waals surface area contributed by atoms with Crippen molar-refractivity contribution in [2.45, 2.75) is 13.8 Å². The number of hydrogen-bond donors (Lipinski definition) is 2. The number of aliphatic hydroxyl groups is 1. The van der Waals surface area contributed by atoms with Crippen molar-refractivity contribution < 1.29 is 14.3 Å². The summed E-state index contributed by atoms with van der Waals surface area (Å²) in [7, 11) is 0. The highest BCUT2D eigenvalue weighted by Crippen LogP contribution is 2.24. The van der Waals surface area contributed by atoms with Crippen LogP contribution in [0.3, 0.4) is 0 Å². The third-order valence-corrected chi connectivity index (χ3v) is 3.14. The number of aryl methyl sites for hydroxylation is 2. The van der Waals surface area contributed by atoms with Gasteiger partial charge < -0.3 is 14.8 Å². The van der Waals surface area contributed by atoms with Crippen LogP contribution in [0.25, 0.3) is 0 Å². The number of nitrogens with one attached hydrogen (secondary N) is 1. The van der Waals surface area contributed by atoms with Crippen molar-refractivity contribution >= 4 is 23.2 Å². The fourth-order valence-corrected chi connectivity index (χ4v) is 2.05. The largest absolute Gasteiger partial charge is 0.466 e. The SMILES string of the molecule is Cc1cc(C(=O)Nc2cc(C#CCO)ccc2Cl)c(C)o1. The summed E-state index contributed by atoms with van der Waals surface area (Å²) in [5, 5.41) is 11.8. The van der Waals surface area contributed by atoms with Crippen LogP contribution in [-0.4, -0.2) is 17.6 Å². The molecule has 21 heavy (non-hydrogen) atoms. The van der Waals surface area contributed by atoms with Gasteiger partial charge in [0.15, 0.2) is 0 Å². The highest BCUT2D eigenvalue weighted by molar-refractivity contribution is 6.34. The number of amides is 1. The topological polar surface area (TPSA) is 62.5 Å². The van der Waals surface area contributed by atoms with Crippen molar-refractivity contribution in [2.75, 3.05) is 11.9 Å². The number of benzene rings is 1. The first-order chi connectivity index (χ1) is 10.0. The van der Waals surface area contributed by atoms with Gasteiger partial charge in [-0.25, -0.2) is 0 Å². The van der Waals surface area contributed by atoms with Gasteiger partial charge in [-0.2, -0.15) is 0 Å². The van der Waals surface area contributed by atoms with Crippen molar-refractivity contribution in [2.24, 2.45) is 0 Å². The molecule has 1 aromatic heterocycles. The number of carbonyl (C=O) groups excluding carboxylic acids is 1. The van der Waals surface area contributed by atoms with Gasteiger partial charge in [0.1, 0.15) is 18.1 Å². The van der Waals surface area contributed by atoms with Gasteiger partial charge >= 0.3 is 0 Å². The van der Waals surface area contributed by atoms with Crippen molar-refractivity contribution in [1.82, 2.24) is 0 Å². The Labute approximate surface area is 127 Å². The van der Waals surface area contributed by atoms with Crippen LogP contribution < -0.4 is 5.32 Å². The zero-order valence-electron chi connectivity index (χ0n) is 11.7. The molecular formula is C16H14ClNO3. The molecule has 5 heteroatoms. The summed E-state index contributed by atoms with van der Waals surface area (Å²) in [6.07, 6.45) is 0. The molecule has 1 heterocycles. The first-order valence-electron chi connectivity index (χ1n) is 6.29. The normalized spacial score (nSPS) is 9.90. The molecule has 1 amide bonds. The van der Waals surface area contributed by atoms with Crippen LogP contribution in [0.1, 0.15) is 27.4 Å². The molecule has 0 fully saturated rings. The molecule has 0 unspecified atom stereocenters. The maximum Gasteiger partial charge on any atom is 0.259 e. The van der Waals surface area contributed by atoms with Crippen LogP contribution in [0.5, 0.6) is 0 Å². The van der Waals surface area contributed by atoms with Gasteiger partial charge in [-0.3, -0.25) is 4.79 Å². The molecule has 0 atom stereocenters. The van der Waals surface area contributed by atoms with E-state index in [0.717, 1.165) is 0 Å². The summed E-state index contributed by atoms with van der Waals surface area (Å²) in [4.78, 5) is 12.2. The fraction of sp³-hybridized carbons (Fsp3) is 0.188. The predicted molar refractivity (Wildman–Crippen MR) is 81.6 cm³/mol. The molecule has 0 saturated heterocycles. The molecule has 0 radical (unpaired) electrons. The number of halogens is 1. The quantitative estimate of drug-likeness (QED) is 0.838. The second-order valence-corrected chi connectivity index (χ2v) is 4.84. The minimum Gasteiger partial charge on any atom is -0.466 e. The number of carbonyl (C=O) groups is 1. The van der Waals surface area contributed by atoms with Gasteiger partial charge in [0.2, 0.25) is 0 Å². The summed E-state index contributed by atoms with van der Waals surface area (Å²) >= 11 is 6.07. The molecule has 0 aliphatic carbocycles. The zero-order chi connectivity index (χ0) is 15.4. The third-order valence-electron chi connectivity index (χ3n) is 2.81. The number of rotatable bonds is 2. The van der Waals surface area contributed by atoms with E-state index in [2.05, 4.69) is 17.2 Å². The molecule has 2 rings (SSSR count). The fourth-order valence-electron chi connectivity index (χ4n) is 1.89. The van der Waals surface area contributed by atoms with Gasteiger partial charge in [-0.15, -0.1) is 0 Å². The van der Waals surface area contributed by atoms with E-state index in [4.69, 9.17) is 21.1 Å². The summed E-state index contributed by atoms with van der Waals surface area (Å²) in [5.74, 6) is 6.24. The monoisotopic (exact) mass is 303 g/mol. The van der Waals surface area contributed by atoms with Gasteiger partial charge in [-0.05, 0) is 38.1 Å². The van der Waals surface area contributed by atoms with Crippen LogP contribution in [0.15, 0.2) is 28.7 Å². The third kappa shape index (κ3) is 3.66. The van der Waals surface area contributed by atoms with Gasteiger partial charge in [-0.1, -0.05) is 23.4 Å². The molecule has 108 valence electrons. The van der Waals surface area contributed by atoms with E-state index < -0.39 is 0 Å². The second-order valence-electron chi connectivity index (χ2n) is 4.44. The molecule has 2 aromatic rings. The first kappa shape index (κ1) is 15.2. The summed E-state index contributed by atoms with van der Waals surface area (Å²) in [6.45, 7) is 3.28. The van der Waals surface area contributed by atoms with E-state index >= 15 is 0 Å². The van der Waals surface area contributed by atoms with Gasteiger partial charge in [0, 0.05) is 5.56 Å². The highest BCUT2D eigenvalue weighted by atomic mass is 35.5. The standard InChI is InChI=1S/C16H14ClNO3/c1-10-8-13(11(2)21-10)16(20)18-15-9-12(4-3-7-19)5-6-14(15)17/h5-6,8-9,19H,7H2,1-2H3,(H,18,20). The van der Waals surface area contributed by atoms with Crippen LogP contribution in [0.4, 0.5) is 5.69 Å². The average molecular weight is 304 g/mol. The Bertz CT molecular complexity index is 738. The Morgan fingerprint density at radius 3 is 2.76 bits per heavy atom.